The standard InChI is InChI=1S/C15H22N4O2S.ClH/c1-18(11-14-7-4-3-5-8-14)10-6-9-17-22(20,21)15-12-19(2)13-16-15;/h3-5,7-8,12-13,17H,6,9-11H2,1-2H3;1H. The Kier molecular flexibility index (Phi) is 7.70. The zero-order valence-electron chi connectivity index (χ0n) is 13.3. The summed E-state index contributed by atoms with van der Waals surface area (Å²) >= 11 is 0. The van der Waals surface area contributed by atoms with Crippen LogP contribution < -0.4 is 4.72 Å². The van der Waals surface area contributed by atoms with Crippen molar-refractivity contribution in [1.82, 2.24) is 19.2 Å². The fourth-order valence-electron chi connectivity index (χ4n) is 2.13. The van der Waals surface area contributed by atoms with Crippen molar-refractivity contribution in [2.45, 2.75) is 18.0 Å². The lowest BCUT2D eigenvalue weighted by Crippen LogP contribution is -2.28. The highest BCUT2D eigenvalue weighted by molar-refractivity contribution is 7.89. The van der Waals surface area contributed by atoms with E-state index in [2.05, 4.69) is 26.7 Å². The molecule has 0 spiro atoms. The number of imidazole rings is 1. The Morgan fingerprint density at radius 3 is 2.57 bits per heavy atom. The quantitative estimate of drug-likeness (QED) is 0.728. The number of benzene rings is 1. The Morgan fingerprint density at radius 2 is 1.96 bits per heavy atom. The van der Waals surface area contributed by atoms with Gasteiger partial charge in [-0.3, -0.25) is 0 Å². The third-order valence-electron chi connectivity index (χ3n) is 3.26. The van der Waals surface area contributed by atoms with Crippen LogP contribution in [0, 0.1) is 0 Å². The minimum Gasteiger partial charge on any atom is -0.339 e. The molecule has 0 saturated carbocycles. The van der Waals surface area contributed by atoms with Crippen LogP contribution in [-0.4, -0.2) is 43.0 Å². The van der Waals surface area contributed by atoms with E-state index in [9.17, 15) is 8.42 Å². The van der Waals surface area contributed by atoms with E-state index in [-0.39, 0.29) is 17.4 Å². The summed E-state index contributed by atoms with van der Waals surface area (Å²) in [5, 5.41) is 0.0626. The first-order valence-electron chi connectivity index (χ1n) is 7.17. The maximum Gasteiger partial charge on any atom is 0.259 e. The van der Waals surface area contributed by atoms with Gasteiger partial charge in [0.2, 0.25) is 0 Å². The van der Waals surface area contributed by atoms with Crippen LogP contribution in [0.3, 0.4) is 0 Å². The van der Waals surface area contributed by atoms with Crippen molar-refractivity contribution in [1.29, 1.82) is 0 Å². The van der Waals surface area contributed by atoms with Crippen molar-refractivity contribution in [2.75, 3.05) is 20.1 Å². The van der Waals surface area contributed by atoms with Crippen LogP contribution in [-0.2, 0) is 23.6 Å². The van der Waals surface area contributed by atoms with E-state index < -0.39 is 10.0 Å². The van der Waals surface area contributed by atoms with Gasteiger partial charge in [0.1, 0.15) is 0 Å². The van der Waals surface area contributed by atoms with Crippen LogP contribution in [0.2, 0.25) is 0 Å². The molecule has 1 aromatic heterocycles. The molecule has 2 rings (SSSR count). The fraction of sp³-hybridized carbons (Fsp3) is 0.400. The minimum atomic E-state index is -3.50. The van der Waals surface area contributed by atoms with Gasteiger partial charge in [0.05, 0.1) is 6.33 Å². The Hall–Kier alpha value is -1.41. The van der Waals surface area contributed by atoms with Gasteiger partial charge in [-0.1, -0.05) is 30.3 Å². The molecule has 0 bridgehead atoms. The lowest BCUT2D eigenvalue weighted by molar-refractivity contribution is 0.322. The molecule has 0 aliphatic heterocycles. The summed E-state index contributed by atoms with van der Waals surface area (Å²) in [5.74, 6) is 0. The smallest absolute Gasteiger partial charge is 0.259 e. The third-order valence-corrected chi connectivity index (χ3v) is 4.61. The van der Waals surface area contributed by atoms with Gasteiger partial charge in [-0.15, -0.1) is 12.4 Å². The second-order valence-corrected chi connectivity index (χ2v) is 7.07. The van der Waals surface area contributed by atoms with Gasteiger partial charge < -0.3 is 9.47 Å². The number of aromatic nitrogens is 2. The molecule has 0 saturated heterocycles. The van der Waals surface area contributed by atoms with Gasteiger partial charge in [0, 0.05) is 26.3 Å². The largest absolute Gasteiger partial charge is 0.339 e. The normalized spacial score (nSPS) is 11.4. The molecule has 8 heteroatoms. The number of nitrogens with zero attached hydrogens (tertiary/aromatic N) is 3. The van der Waals surface area contributed by atoms with Crippen LogP contribution in [0.15, 0.2) is 47.9 Å². The zero-order valence-corrected chi connectivity index (χ0v) is 15.0. The van der Waals surface area contributed by atoms with Gasteiger partial charge >= 0.3 is 0 Å². The number of nitrogens with one attached hydrogen (secondary N) is 1. The predicted octanol–water partition coefficient (Wildman–Crippen LogP) is 1.64. The number of rotatable bonds is 8. The van der Waals surface area contributed by atoms with Crippen molar-refractivity contribution < 1.29 is 8.42 Å². The molecule has 0 fully saturated rings. The molecule has 0 amide bonds. The Labute approximate surface area is 144 Å². The highest BCUT2D eigenvalue weighted by Crippen LogP contribution is 2.05. The summed E-state index contributed by atoms with van der Waals surface area (Å²) < 4.78 is 28.2. The van der Waals surface area contributed by atoms with E-state index in [1.54, 1.807) is 11.6 Å². The zero-order chi connectivity index (χ0) is 16.0. The molecule has 128 valence electrons. The highest BCUT2D eigenvalue weighted by atomic mass is 35.5. The topological polar surface area (TPSA) is 67.2 Å². The average Bonchev–Trinajstić information content (AvgIpc) is 2.92. The summed E-state index contributed by atoms with van der Waals surface area (Å²) in [7, 11) is 0.272. The van der Waals surface area contributed by atoms with Crippen molar-refractivity contribution >= 4 is 22.4 Å². The molecule has 0 unspecified atom stereocenters. The second kappa shape index (κ2) is 9.02. The number of hydrogen-bond acceptors (Lipinski definition) is 4. The maximum absolute atomic E-state index is 12.0. The van der Waals surface area contributed by atoms with Crippen LogP contribution >= 0.6 is 12.4 Å². The van der Waals surface area contributed by atoms with Crippen LogP contribution in [0.25, 0.3) is 0 Å². The summed E-state index contributed by atoms with van der Waals surface area (Å²) in [6.45, 7) is 2.07. The number of halogens is 1. The molecule has 2 aromatic rings. The Balaban J connectivity index is 0.00000264. The van der Waals surface area contributed by atoms with Gasteiger partial charge in [-0.05, 0) is 25.6 Å². The van der Waals surface area contributed by atoms with E-state index in [4.69, 9.17) is 0 Å². The minimum absolute atomic E-state index is 0. The first-order valence-corrected chi connectivity index (χ1v) is 8.66. The molecule has 0 radical (unpaired) electrons. The monoisotopic (exact) mass is 358 g/mol. The van der Waals surface area contributed by atoms with E-state index in [1.807, 2.05) is 25.2 Å². The van der Waals surface area contributed by atoms with E-state index in [0.29, 0.717) is 6.54 Å². The van der Waals surface area contributed by atoms with Crippen molar-refractivity contribution in [3.63, 3.8) is 0 Å². The van der Waals surface area contributed by atoms with Gasteiger partial charge in [0.15, 0.2) is 5.03 Å². The molecule has 1 heterocycles. The molecule has 0 aliphatic carbocycles. The van der Waals surface area contributed by atoms with E-state index in [1.165, 1.54) is 18.1 Å². The lowest BCUT2D eigenvalue weighted by atomic mass is 10.2. The third kappa shape index (κ3) is 6.31. The summed E-state index contributed by atoms with van der Waals surface area (Å²) in [5.41, 5.74) is 1.25. The van der Waals surface area contributed by atoms with Gasteiger partial charge in [0.25, 0.3) is 10.0 Å². The Morgan fingerprint density at radius 1 is 1.26 bits per heavy atom. The molecular formula is C15H23ClN4O2S. The highest BCUT2D eigenvalue weighted by Gasteiger charge is 2.15. The molecule has 23 heavy (non-hydrogen) atoms. The van der Waals surface area contributed by atoms with Gasteiger partial charge in [-0.25, -0.2) is 18.1 Å². The molecule has 0 atom stereocenters. The van der Waals surface area contributed by atoms with Crippen molar-refractivity contribution in [3.05, 3.63) is 48.4 Å². The molecule has 1 N–H and O–H groups in total. The number of sulfonamides is 1. The van der Waals surface area contributed by atoms with Gasteiger partial charge in [-0.2, -0.15) is 0 Å². The maximum atomic E-state index is 12.0. The molecule has 6 nitrogen and oxygen atoms in total. The van der Waals surface area contributed by atoms with Crippen molar-refractivity contribution in [3.8, 4) is 0 Å². The number of hydrogen-bond donors (Lipinski definition) is 1. The first-order chi connectivity index (χ1) is 10.5. The molecule has 0 aliphatic rings. The SMILES string of the molecule is CN(CCCNS(=O)(=O)c1cn(C)cn1)Cc1ccccc1.Cl. The first kappa shape index (κ1) is 19.6. The fourth-order valence-corrected chi connectivity index (χ4v) is 3.18. The Bertz CT molecular complexity index is 689. The summed E-state index contributed by atoms with van der Waals surface area (Å²) in [6, 6.07) is 10.2. The van der Waals surface area contributed by atoms with E-state index in [0.717, 1.165) is 19.5 Å². The average molecular weight is 359 g/mol. The summed E-state index contributed by atoms with van der Waals surface area (Å²) in [4.78, 5) is 6.03. The van der Waals surface area contributed by atoms with Crippen LogP contribution in [0.4, 0.5) is 0 Å². The van der Waals surface area contributed by atoms with Crippen LogP contribution in [0.5, 0.6) is 0 Å². The molecule has 1 aromatic carbocycles. The van der Waals surface area contributed by atoms with Crippen molar-refractivity contribution in [2.24, 2.45) is 7.05 Å². The van der Waals surface area contributed by atoms with E-state index >= 15 is 0 Å². The second-order valence-electron chi connectivity index (χ2n) is 5.35. The lowest BCUT2D eigenvalue weighted by Gasteiger charge is -2.16. The summed E-state index contributed by atoms with van der Waals surface area (Å²) in [6.07, 6.45) is 3.71. The molecular weight excluding hydrogens is 336 g/mol. The number of aryl methyl sites for hydroxylation is 1. The van der Waals surface area contributed by atoms with Crippen LogP contribution in [0.1, 0.15) is 12.0 Å². The predicted molar refractivity (Wildman–Crippen MR) is 93.0 cm³/mol.